The second-order valence-corrected chi connectivity index (χ2v) is 8.94. The third kappa shape index (κ3) is 6.17. The predicted octanol–water partition coefficient (Wildman–Crippen LogP) is 5.63. The van der Waals surface area contributed by atoms with E-state index in [0.717, 1.165) is 36.1 Å². The van der Waals surface area contributed by atoms with Gasteiger partial charge in [-0.05, 0) is 67.3 Å². The Morgan fingerprint density at radius 1 is 0.939 bits per heavy atom. The van der Waals surface area contributed by atoms with Crippen LogP contribution in [0.2, 0.25) is 5.02 Å². The van der Waals surface area contributed by atoms with Crippen LogP contribution in [0.25, 0.3) is 11.3 Å². The SMILES string of the molecule is CC1CCN(c2ccc(-c3ccc(NC(=O)CCC(=O)c4ccc(Cl)cc4)cc3)nn2)CC1. The molecule has 3 aromatic rings. The topological polar surface area (TPSA) is 75.2 Å². The van der Waals surface area contributed by atoms with Crippen molar-refractivity contribution in [2.45, 2.75) is 32.6 Å². The maximum absolute atomic E-state index is 12.3. The summed E-state index contributed by atoms with van der Waals surface area (Å²) in [7, 11) is 0. The Morgan fingerprint density at radius 2 is 1.64 bits per heavy atom. The van der Waals surface area contributed by atoms with Gasteiger partial charge in [-0.1, -0.05) is 30.7 Å². The minimum atomic E-state index is -0.204. The Hall–Kier alpha value is -3.25. The minimum absolute atomic E-state index is 0.0850. The first-order chi connectivity index (χ1) is 16.0. The van der Waals surface area contributed by atoms with Gasteiger partial charge in [0.15, 0.2) is 11.6 Å². The summed E-state index contributed by atoms with van der Waals surface area (Å²) < 4.78 is 0. The molecule has 2 aromatic carbocycles. The van der Waals surface area contributed by atoms with Gasteiger partial charge in [0.1, 0.15) is 0 Å². The molecule has 1 aliphatic heterocycles. The average Bonchev–Trinajstić information content (AvgIpc) is 2.84. The van der Waals surface area contributed by atoms with Gasteiger partial charge in [-0.15, -0.1) is 10.2 Å². The Balaban J connectivity index is 1.29. The molecular formula is C26H27ClN4O2. The van der Waals surface area contributed by atoms with Gasteiger partial charge in [0, 0.05) is 47.8 Å². The number of hydrogen-bond donors (Lipinski definition) is 1. The normalized spacial score (nSPS) is 14.2. The molecule has 1 N–H and O–H groups in total. The second-order valence-electron chi connectivity index (χ2n) is 8.50. The molecular weight excluding hydrogens is 436 g/mol. The molecule has 4 rings (SSSR count). The molecule has 1 fully saturated rings. The Bertz CT molecular complexity index is 1090. The zero-order valence-electron chi connectivity index (χ0n) is 18.6. The molecule has 1 amide bonds. The monoisotopic (exact) mass is 462 g/mol. The molecule has 0 radical (unpaired) electrons. The highest BCUT2D eigenvalue weighted by Gasteiger charge is 2.17. The van der Waals surface area contributed by atoms with Crippen LogP contribution in [0, 0.1) is 5.92 Å². The fourth-order valence-corrected chi connectivity index (χ4v) is 3.97. The molecule has 170 valence electrons. The molecule has 0 atom stereocenters. The fourth-order valence-electron chi connectivity index (χ4n) is 3.84. The molecule has 0 unspecified atom stereocenters. The summed E-state index contributed by atoms with van der Waals surface area (Å²) in [5.74, 6) is 1.41. The van der Waals surface area contributed by atoms with E-state index in [1.54, 1.807) is 24.3 Å². The Labute approximate surface area is 199 Å². The van der Waals surface area contributed by atoms with Gasteiger partial charge in [0.25, 0.3) is 0 Å². The van der Waals surface area contributed by atoms with Gasteiger partial charge in [-0.25, -0.2) is 0 Å². The summed E-state index contributed by atoms with van der Waals surface area (Å²) in [5, 5.41) is 12.2. The molecule has 33 heavy (non-hydrogen) atoms. The summed E-state index contributed by atoms with van der Waals surface area (Å²) in [5.41, 5.74) is 2.95. The van der Waals surface area contributed by atoms with E-state index in [4.69, 9.17) is 11.6 Å². The second kappa shape index (κ2) is 10.6. The quantitative estimate of drug-likeness (QED) is 0.460. The van der Waals surface area contributed by atoms with Gasteiger partial charge in [0.05, 0.1) is 5.69 Å². The zero-order valence-corrected chi connectivity index (χ0v) is 19.4. The number of nitrogens with one attached hydrogen (secondary N) is 1. The Morgan fingerprint density at radius 3 is 2.27 bits per heavy atom. The third-order valence-electron chi connectivity index (χ3n) is 5.97. The maximum atomic E-state index is 12.3. The number of anilines is 2. The van der Waals surface area contributed by atoms with Crippen LogP contribution in [0.1, 0.15) is 43.0 Å². The van der Waals surface area contributed by atoms with Crippen molar-refractivity contribution in [1.82, 2.24) is 10.2 Å². The van der Waals surface area contributed by atoms with Gasteiger partial charge in [-0.3, -0.25) is 9.59 Å². The lowest BCUT2D eigenvalue weighted by Crippen LogP contribution is -2.33. The number of ketones is 1. The van der Waals surface area contributed by atoms with E-state index in [1.807, 2.05) is 36.4 Å². The number of Topliss-reactive ketones (excluding diaryl/α,β-unsaturated/α-hetero) is 1. The molecule has 0 bridgehead atoms. The zero-order chi connectivity index (χ0) is 23.2. The number of carbonyl (C=O) groups is 2. The Kier molecular flexibility index (Phi) is 7.35. The summed E-state index contributed by atoms with van der Waals surface area (Å²) in [6.07, 6.45) is 2.63. The molecule has 0 aliphatic carbocycles. The number of nitrogens with zero attached hydrogens (tertiary/aromatic N) is 3. The molecule has 2 heterocycles. The van der Waals surface area contributed by atoms with Crippen LogP contribution in [0.4, 0.5) is 11.5 Å². The first kappa shape index (κ1) is 22.9. The van der Waals surface area contributed by atoms with Crippen molar-refractivity contribution >= 4 is 34.8 Å². The van der Waals surface area contributed by atoms with Gasteiger partial charge in [-0.2, -0.15) is 0 Å². The average molecular weight is 463 g/mol. The van der Waals surface area contributed by atoms with Crippen LogP contribution in [0.3, 0.4) is 0 Å². The van der Waals surface area contributed by atoms with Crippen LogP contribution in [-0.2, 0) is 4.79 Å². The third-order valence-corrected chi connectivity index (χ3v) is 6.22. The van der Waals surface area contributed by atoms with Crippen molar-refractivity contribution in [3.8, 4) is 11.3 Å². The highest BCUT2D eigenvalue weighted by Crippen LogP contribution is 2.24. The number of aromatic nitrogens is 2. The van der Waals surface area contributed by atoms with E-state index >= 15 is 0 Å². The van der Waals surface area contributed by atoms with E-state index in [-0.39, 0.29) is 24.5 Å². The number of benzene rings is 2. The molecule has 0 spiro atoms. The summed E-state index contributed by atoms with van der Waals surface area (Å²) in [6, 6.07) is 18.1. The van der Waals surface area contributed by atoms with Gasteiger partial charge in [0.2, 0.25) is 5.91 Å². The van der Waals surface area contributed by atoms with E-state index < -0.39 is 0 Å². The van der Waals surface area contributed by atoms with E-state index in [9.17, 15) is 9.59 Å². The number of hydrogen-bond acceptors (Lipinski definition) is 5. The lowest BCUT2D eigenvalue weighted by Gasteiger charge is -2.30. The predicted molar refractivity (Wildman–Crippen MR) is 132 cm³/mol. The van der Waals surface area contributed by atoms with Crippen LogP contribution in [0.5, 0.6) is 0 Å². The fraction of sp³-hybridized carbons (Fsp3) is 0.308. The van der Waals surface area contributed by atoms with Crippen LogP contribution < -0.4 is 10.2 Å². The lowest BCUT2D eigenvalue weighted by atomic mass is 9.99. The van der Waals surface area contributed by atoms with Gasteiger partial charge >= 0.3 is 0 Å². The van der Waals surface area contributed by atoms with Crippen molar-refractivity contribution in [3.05, 3.63) is 71.2 Å². The summed E-state index contributed by atoms with van der Waals surface area (Å²) in [4.78, 5) is 26.8. The number of rotatable bonds is 7. The number of piperidine rings is 1. The van der Waals surface area contributed by atoms with E-state index in [1.165, 1.54) is 12.8 Å². The molecule has 0 saturated carbocycles. The molecule has 1 saturated heterocycles. The number of carbonyl (C=O) groups excluding carboxylic acids is 2. The maximum Gasteiger partial charge on any atom is 0.224 e. The highest BCUT2D eigenvalue weighted by atomic mass is 35.5. The largest absolute Gasteiger partial charge is 0.355 e. The van der Waals surface area contributed by atoms with Crippen LogP contribution >= 0.6 is 11.6 Å². The standard InChI is InChI=1S/C26H27ClN4O2/c1-18-14-16-31(17-15-18)25-12-10-23(29-30-25)19-4-8-22(9-5-19)28-26(33)13-11-24(32)20-2-6-21(27)7-3-20/h2-10,12,18H,11,13-17H2,1H3,(H,28,33). The van der Waals surface area contributed by atoms with Crippen LogP contribution in [0.15, 0.2) is 60.7 Å². The molecule has 1 aromatic heterocycles. The summed E-state index contributed by atoms with van der Waals surface area (Å²) in [6.45, 7) is 4.34. The first-order valence-electron chi connectivity index (χ1n) is 11.3. The van der Waals surface area contributed by atoms with Crippen molar-refractivity contribution < 1.29 is 9.59 Å². The van der Waals surface area contributed by atoms with Gasteiger partial charge < -0.3 is 10.2 Å². The first-order valence-corrected chi connectivity index (χ1v) is 11.6. The van der Waals surface area contributed by atoms with Crippen molar-refractivity contribution in [1.29, 1.82) is 0 Å². The molecule has 1 aliphatic rings. The molecule has 7 heteroatoms. The van der Waals surface area contributed by atoms with Crippen molar-refractivity contribution in [2.24, 2.45) is 5.92 Å². The van der Waals surface area contributed by atoms with E-state index in [2.05, 4.69) is 27.3 Å². The number of amides is 1. The molecule has 6 nitrogen and oxygen atoms in total. The van der Waals surface area contributed by atoms with Crippen molar-refractivity contribution in [3.63, 3.8) is 0 Å². The van der Waals surface area contributed by atoms with Crippen molar-refractivity contribution in [2.75, 3.05) is 23.3 Å². The minimum Gasteiger partial charge on any atom is -0.355 e. The lowest BCUT2D eigenvalue weighted by molar-refractivity contribution is -0.116. The highest BCUT2D eigenvalue weighted by molar-refractivity contribution is 6.30. The smallest absolute Gasteiger partial charge is 0.224 e. The van der Waals surface area contributed by atoms with E-state index in [0.29, 0.717) is 16.3 Å². The van der Waals surface area contributed by atoms with Crippen LogP contribution in [-0.4, -0.2) is 35.0 Å². The summed E-state index contributed by atoms with van der Waals surface area (Å²) >= 11 is 5.84. The number of halogens is 1.